The molecule has 0 unspecified atom stereocenters. The zero-order chi connectivity index (χ0) is 13.3. The highest BCUT2D eigenvalue weighted by atomic mass is 16.5. The summed E-state index contributed by atoms with van der Waals surface area (Å²) in [6.45, 7) is 4.96. The Bertz CT molecular complexity index is 495. The van der Waals surface area contributed by atoms with Crippen molar-refractivity contribution < 1.29 is 4.74 Å². The van der Waals surface area contributed by atoms with Crippen LogP contribution in [0.5, 0.6) is 5.75 Å². The van der Waals surface area contributed by atoms with Gasteiger partial charge in [-0.2, -0.15) is 0 Å². The van der Waals surface area contributed by atoms with Gasteiger partial charge in [-0.15, -0.1) is 0 Å². The number of hydrogen-bond acceptors (Lipinski definition) is 2. The van der Waals surface area contributed by atoms with Gasteiger partial charge in [0.15, 0.2) is 0 Å². The molecule has 102 valence electrons. The minimum Gasteiger partial charge on any atom is -0.492 e. The Hall–Kier alpha value is -1.54. The Morgan fingerprint density at radius 2 is 1.79 bits per heavy atom. The Morgan fingerprint density at radius 1 is 0.947 bits per heavy atom. The van der Waals surface area contributed by atoms with E-state index in [0.717, 1.165) is 25.4 Å². The van der Waals surface area contributed by atoms with Crippen LogP contribution in [0.4, 0.5) is 0 Å². The van der Waals surface area contributed by atoms with E-state index in [-0.39, 0.29) is 0 Å². The molecule has 19 heavy (non-hydrogen) atoms. The molecule has 1 N–H and O–H groups in total. The highest BCUT2D eigenvalue weighted by molar-refractivity contribution is 5.83. The molecular weight excluding hydrogens is 234 g/mol. The molecule has 2 nitrogen and oxygen atoms in total. The van der Waals surface area contributed by atoms with E-state index in [2.05, 4.69) is 48.6 Å². The Balaban J connectivity index is 1.72. The molecule has 0 radical (unpaired) electrons. The summed E-state index contributed by atoms with van der Waals surface area (Å²) < 4.78 is 5.76. The van der Waals surface area contributed by atoms with Crippen molar-refractivity contribution in [2.24, 2.45) is 0 Å². The average molecular weight is 257 g/mol. The van der Waals surface area contributed by atoms with Gasteiger partial charge >= 0.3 is 0 Å². The van der Waals surface area contributed by atoms with Crippen molar-refractivity contribution in [2.75, 3.05) is 19.7 Å². The maximum absolute atomic E-state index is 5.76. The summed E-state index contributed by atoms with van der Waals surface area (Å²) in [6, 6.07) is 14.6. The van der Waals surface area contributed by atoms with Crippen LogP contribution in [-0.4, -0.2) is 19.7 Å². The molecule has 0 fully saturated rings. The summed E-state index contributed by atoms with van der Waals surface area (Å²) in [5.74, 6) is 0.953. The lowest BCUT2D eigenvalue weighted by Crippen LogP contribution is -2.22. The summed E-state index contributed by atoms with van der Waals surface area (Å²) in [6.07, 6.45) is 3.83. The Kier molecular flexibility index (Phi) is 5.70. The lowest BCUT2D eigenvalue weighted by Gasteiger charge is -2.08. The van der Waals surface area contributed by atoms with E-state index >= 15 is 0 Å². The third-order valence-electron chi connectivity index (χ3n) is 3.23. The van der Waals surface area contributed by atoms with Crippen LogP contribution < -0.4 is 10.1 Å². The normalized spacial score (nSPS) is 10.8. The fourth-order valence-corrected chi connectivity index (χ4v) is 2.12. The molecule has 0 amide bonds. The second-order valence-corrected chi connectivity index (χ2v) is 4.81. The van der Waals surface area contributed by atoms with Gasteiger partial charge in [0.05, 0.1) is 0 Å². The van der Waals surface area contributed by atoms with Crippen LogP contribution >= 0.6 is 0 Å². The van der Waals surface area contributed by atoms with Gasteiger partial charge in [-0.3, -0.25) is 0 Å². The van der Waals surface area contributed by atoms with E-state index in [1.165, 1.54) is 30.0 Å². The smallest absolute Gasteiger partial charge is 0.120 e. The molecule has 2 aromatic rings. The number of nitrogens with one attached hydrogen (secondary N) is 1. The summed E-state index contributed by atoms with van der Waals surface area (Å²) in [5, 5.41) is 5.89. The quantitative estimate of drug-likeness (QED) is 0.722. The van der Waals surface area contributed by atoms with Crippen LogP contribution in [0.1, 0.15) is 26.2 Å². The number of rotatable bonds is 8. The first-order valence-electron chi connectivity index (χ1n) is 7.22. The molecule has 2 heteroatoms. The molecule has 0 aliphatic carbocycles. The highest BCUT2D eigenvalue weighted by Gasteiger charge is 1.96. The van der Waals surface area contributed by atoms with Gasteiger partial charge in [0.2, 0.25) is 0 Å². The number of benzene rings is 2. The number of unbranched alkanes of at least 4 members (excludes halogenated alkanes) is 2. The van der Waals surface area contributed by atoms with E-state index in [1.807, 2.05) is 6.07 Å². The molecule has 0 aromatic heterocycles. The number of hydrogen-bond donors (Lipinski definition) is 1. The first-order valence-corrected chi connectivity index (χ1v) is 7.22. The second-order valence-electron chi connectivity index (χ2n) is 4.81. The van der Waals surface area contributed by atoms with Crippen LogP contribution in [0.25, 0.3) is 10.8 Å². The van der Waals surface area contributed by atoms with Gasteiger partial charge in [-0.1, -0.05) is 50.1 Å². The maximum atomic E-state index is 5.76. The van der Waals surface area contributed by atoms with E-state index in [9.17, 15) is 0 Å². The van der Waals surface area contributed by atoms with Gasteiger partial charge in [0, 0.05) is 6.54 Å². The van der Waals surface area contributed by atoms with Crippen molar-refractivity contribution in [3.63, 3.8) is 0 Å². The number of fused-ring (bicyclic) bond motifs is 1. The predicted molar refractivity (Wildman–Crippen MR) is 81.8 cm³/mol. The zero-order valence-electron chi connectivity index (χ0n) is 11.7. The molecule has 2 rings (SSSR count). The second kappa shape index (κ2) is 7.80. The summed E-state index contributed by atoms with van der Waals surface area (Å²) in [4.78, 5) is 0. The lowest BCUT2D eigenvalue weighted by molar-refractivity contribution is 0.314. The van der Waals surface area contributed by atoms with Crippen LogP contribution in [-0.2, 0) is 0 Å². The Morgan fingerprint density at radius 3 is 2.63 bits per heavy atom. The highest BCUT2D eigenvalue weighted by Crippen LogP contribution is 2.20. The van der Waals surface area contributed by atoms with Crippen LogP contribution in [0.3, 0.4) is 0 Å². The predicted octanol–water partition coefficient (Wildman–Crippen LogP) is 4.00. The molecule has 0 saturated carbocycles. The Labute approximate surface area is 115 Å². The third-order valence-corrected chi connectivity index (χ3v) is 3.23. The van der Waals surface area contributed by atoms with E-state index in [4.69, 9.17) is 4.74 Å². The van der Waals surface area contributed by atoms with Gasteiger partial charge in [0.25, 0.3) is 0 Å². The van der Waals surface area contributed by atoms with Crippen molar-refractivity contribution in [2.45, 2.75) is 26.2 Å². The molecule has 0 aliphatic rings. The summed E-state index contributed by atoms with van der Waals surface area (Å²) in [5.41, 5.74) is 0. The van der Waals surface area contributed by atoms with E-state index in [1.54, 1.807) is 0 Å². The zero-order valence-corrected chi connectivity index (χ0v) is 11.7. The summed E-state index contributed by atoms with van der Waals surface area (Å²) >= 11 is 0. The number of ether oxygens (including phenoxy) is 1. The van der Waals surface area contributed by atoms with Crippen LogP contribution in [0, 0.1) is 0 Å². The molecule has 0 heterocycles. The monoisotopic (exact) mass is 257 g/mol. The molecule has 2 aromatic carbocycles. The van der Waals surface area contributed by atoms with E-state index < -0.39 is 0 Å². The van der Waals surface area contributed by atoms with Gasteiger partial charge in [-0.05, 0) is 35.9 Å². The van der Waals surface area contributed by atoms with Gasteiger partial charge < -0.3 is 10.1 Å². The van der Waals surface area contributed by atoms with Crippen molar-refractivity contribution in [1.82, 2.24) is 5.32 Å². The van der Waals surface area contributed by atoms with Crippen LogP contribution in [0.15, 0.2) is 42.5 Å². The molecule has 0 bridgehead atoms. The average Bonchev–Trinajstić information content (AvgIpc) is 2.46. The molecule has 0 spiro atoms. The van der Waals surface area contributed by atoms with Gasteiger partial charge in [-0.25, -0.2) is 0 Å². The maximum Gasteiger partial charge on any atom is 0.120 e. The fraction of sp³-hybridized carbons (Fsp3) is 0.412. The van der Waals surface area contributed by atoms with Crippen molar-refractivity contribution in [1.29, 1.82) is 0 Å². The third kappa shape index (κ3) is 4.56. The standard InChI is InChI=1S/C17H23NO/c1-2-3-6-11-18-12-13-19-17-10-9-15-7-4-5-8-16(15)14-17/h4-5,7-10,14,18H,2-3,6,11-13H2,1H3. The van der Waals surface area contributed by atoms with Crippen molar-refractivity contribution in [3.8, 4) is 5.75 Å². The SMILES string of the molecule is CCCCCNCCOc1ccc2ccccc2c1. The summed E-state index contributed by atoms with van der Waals surface area (Å²) in [7, 11) is 0. The van der Waals surface area contributed by atoms with Crippen molar-refractivity contribution in [3.05, 3.63) is 42.5 Å². The molecule has 0 aliphatic heterocycles. The minimum absolute atomic E-state index is 0.727. The van der Waals surface area contributed by atoms with Gasteiger partial charge in [0.1, 0.15) is 12.4 Å². The molecular formula is C17H23NO. The van der Waals surface area contributed by atoms with E-state index in [0.29, 0.717) is 0 Å². The first-order chi connectivity index (χ1) is 9.40. The minimum atomic E-state index is 0.727. The first kappa shape index (κ1) is 13.9. The topological polar surface area (TPSA) is 21.3 Å². The molecule has 0 atom stereocenters. The lowest BCUT2D eigenvalue weighted by atomic mass is 10.1. The molecule has 0 saturated heterocycles. The largest absolute Gasteiger partial charge is 0.492 e. The fourth-order valence-electron chi connectivity index (χ4n) is 2.12. The van der Waals surface area contributed by atoms with Crippen molar-refractivity contribution >= 4 is 10.8 Å². The van der Waals surface area contributed by atoms with Crippen LogP contribution in [0.2, 0.25) is 0 Å².